The van der Waals surface area contributed by atoms with Crippen LogP contribution in [0.5, 0.6) is 0 Å². The Morgan fingerprint density at radius 1 is 1.45 bits per heavy atom. The number of aliphatic hydroxyl groups excluding tert-OH is 1. The van der Waals surface area contributed by atoms with Crippen LogP contribution in [-0.2, 0) is 0 Å². The number of nitrogens with one attached hydrogen (secondary N) is 1. The number of rotatable bonds is 2. The second kappa shape index (κ2) is 4.93. The fraction of sp³-hybridized carbons (Fsp3) is 1.00. The number of likely N-dealkylation sites (N-methyl/N-ethyl adjacent to an activating group) is 1. The zero-order valence-electron chi connectivity index (χ0n) is 7.08. The highest BCUT2D eigenvalue weighted by molar-refractivity contribution is 5.85. The van der Waals surface area contributed by atoms with Gasteiger partial charge in [0.2, 0.25) is 0 Å². The summed E-state index contributed by atoms with van der Waals surface area (Å²) in [5, 5.41) is 12.2. The average molecular weight is 181 g/mol. The van der Waals surface area contributed by atoms with Crippen molar-refractivity contribution in [3.63, 3.8) is 0 Å². The van der Waals surface area contributed by atoms with Crippen LogP contribution >= 0.6 is 12.4 Å². The van der Waals surface area contributed by atoms with Crippen LogP contribution < -0.4 is 5.32 Å². The van der Waals surface area contributed by atoms with Gasteiger partial charge in [-0.3, -0.25) is 0 Å². The van der Waals surface area contributed by atoms with Gasteiger partial charge in [-0.2, -0.15) is 0 Å². The van der Waals surface area contributed by atoms with E-state index < -0.39 is 0 Å². The van der Waals surface area contributed by atoms with Crippen LogP contribution in [0.15, 0.2) is 0 Å². The van der Waals surface area contributed by atoms with E-state index in [-0.39, 0.29) is 12.4 Å². The molecule has 0 aromatic heterocycles. The smallest absolute Gasteiger partial charge is 0.0486 e. The molecule has 11 heavy (non-hydrogen) atoms. The molecule has 0 amide bonds. The Labute approximate surface area is 74.2 Å². The van der Waals surface area contributed by atoms with Crippen molar-refractivity contribution in [3.05, 3.63) is 0 Å². The van der Waals surface area contributed by atoms with Crippen molar-refractivity contribution >= 4 is 12.4 Å². The lowest BCUT2D eigenvalue weighted by Crippen LogP contribution is -2.36. The van der Waals surface area contributed by atoms with Crippen molar-refractivity contribution in [2.45, 2.75) is 6.04 Å². The highest BCUT2D eigenvalue weighted by Crippen LogP contribution is 2.11. The van der Waals surface area contributed by atoms with Gasteiger partial charge in [-0.05, 0) is 14.1 Å². The maximum absolute atomic E-state index is 8.92. The highest BCUT2D eigenvalue weighted by atomic mass is 35.5. The summed E-state index contributed by atoms with van der Waals surface area (Å²) in [6, 6.07) is 0.519. The molecule has 0 spiro atoms. The molecule has 0 unspecified atom stereocenters. The van der Waals surface area contributed by atoms with Gasteiger partial charge in [0.05, 0.1) is 0 Å². The Bertz CT molecular complexity index is 111. The molecule has 2 N–H and O–H groups in total. The first-order valence-corrected chi connectivity index (χ1v) is 3.73. The topological polar surface area (TPSA) is 35.5 Å². The van der Waals surface area contributed by atoms with E-state index >= 15 is 0 Å². The van der Waals surface area contributed by atoms with Gasteiger partial charge in [-0.1, -0.05) is 0 Å². The molecule has 3 nitrogen and oxygen atoms in total. The summed E-state index contributed by atoms with van der Waals surface area (Å²) >= 11 is 0. The van der Waals surface area contributed by atoms with E-state index in [0.29, 0.717) is 18.6 Å². The first-order chi connectivity index (χ1) is 4.75. The van der Waals surface area contributed by atoms with Crippen molar-refractivity contribution in [1.82, 2.24) is 10.2 Å². The molecule has 1 aliphatic rings. The third kappa shape index (κ3) is 2.60. The number of hydrogen-bond donors (Lipinski definition) is 2. The lowest BCUT2D eigenvalue weighted by molar-refractivity contribution is 0.168. The monoisotopic (exact) mass is 180 g/mol. The zero-order chi connectivity index (χ0) is 7.56. The van der Waals surface area contributed by atoms with Crippen molar-refractivity contribution in [2.75, 3.05) is 33.8 Å². The van der Waals surface area contributed by atoms with Crippen LogP contribution in [0.3, 0.4) is 0 Å². The van der Waals surface area contributed by atoms with Crippen LogP contribution in [0.2, 0.25) is 0 Å². The number of hydrogen-bond acceptors (Lipinski definition) is 3. The van der Waals surface area contributed by atoms with Crippen LogP contribution in [-0.4, -0.2) is 49.8 Å². The highest BCUT2D eigenvalue weighted by Gasteiger charge is 2.27. The van der Waals surface area contributed by atoms with Crippen LogP contribution in [0, 0.1) is 5.92 Å². The Balaban J connectivity index is 0.000001000. The second-order valence-corrected chi connectivity index (χ2v) is 3.13. The third-order valence-corrected chi connectivity index (χ3v) is 2.20. The molecule has 1 aliphatic heterocycles. The molecule has 2 atom stereocenters. The van der Waals surface area contributed by atoms with Crippen LogP contribution in [0.1, 0.15) is 0 Å². The van der Waals surface area contributed by atoms with E-state index in [1.54, 1.807) is 0 Å². The predicted molar refractivity (Wildman–Crippen MR) is 48.2 cm³/mol. The summed E-state index contributed by atoms with van der Waals surface area (Å²) in [5.74, 6) is 0.426. The largest absolute Gasteiger partial charge is 0.396 e. The van der Waals surface area contributed by atoms with E-state index in [4.69, 9.17) is 5.11 Å². The molecule has 1 fully saturated rings. The molecule has 0 radical (unpaired) electrons. The lowest BCUT2D eigenvalue weighted by Gasteiger charge is -2.23. The van der Waals surface area contributed by atoms with E-state index in [1.165, 1.54) is 0 Å². The summed E-state index contributed by atoms with van der Waals surface area (Å²) in [7, 11) is 4.11. The Morgan fingerprint density at radius 2 is 2.09 bits per heavy atom. The van der Waals surface area contributed by atoms with Crippen molar-refractivity contribution in [1.29, 1.82) is 0 Å². The minimum Gasteiger partial charge on any atom is -0.396 e. The third-order valence-electron chi connectivity index (χ3n) is 2.20. The molecule has 0 saturated carbocycles. The van der Waals surface area contributed by atoms with Gasteiger partial charge in [-0.25, -0.2) is 0 Å². The molecule has 0 aliphatic carbocycles. The maximum Gasteiger partial charge on any atom is 0.0486 e. The minimum absolute atomic E-state index is 0. The van der Waals surface area contributed by atoms with E-state index in [9.17, 15) is 0 Å². The van der Waals surface area contributed by atoms with Crippen molar-refractivity contribution in [3.8, 4) is 0 Å². The number of nitrogens with zero attached hydrogens (tertiary/aromatic N) is 1. The van der Waals surface area contributed by atoms with Crippen LogP contribution in [0.4, 0.5) is 0 Å². The van der Waals surface area contributed by atoms with Gasteiger partial charge in [0.1, 0.15) is 0 Å². The quantitative estimate of drug-likeness (QED) is 0.605. The SMILES string of the molecule is CN(C)[C@@H]1CNC[C@H]1CO.Cl. The molecule has 1 rings (SSSR count). The van der Waals surface area contributed by atoms with E-state index in [1.807, 2.05) is 0 Å². The molecule has 0 aromatic carbocycles. The Kier molecular flexibility index (Phi) is 5.01. The van der Waals surface area contributed by atoms with Crippen molar-refractivity contribution < 1.29 is 5.11 Å². The fourth-order valence-electron chi connectivity index (χ4n) is 1.51. The number of aliphatic hydroxyl groups is 1. The van der Waals surface area contributed by atoms with Crippen molar-refractivity contribution in [2.24, 2.45) is 5.92 Å². The molecular weight excluding hydrogens is 164 g/mol. The van der Waals surface area contributed by atoms with Gasteiger partial charge in [-0.15, -0.1) is 12.4 Å². The summed E-state index contributed by atoms with van der Waals surface area (Å²) < 4.78 is 0. The molecule has 0 aromatic rings. The summed E-state index contributed by atoms with van der Waals surface area (Å²) in [4.78, 5) is 2.17. The summed E-state index contributed by atoms with van der Waals surface area (Å²) in [6.07, 6.45) is 0. The van der Waals surface area contributed by atoms with E-state index in [0.717, 1.165) is 13.1 Å². The fourth-order valence-corrected chi connectivity index (χ4v) is 1.51. The molecular formula is C7H17ClN2O. The van der Waals surface area contributed by atoms with Crippen LogP contribution in [0.25, 0.3) is 0 Å². The first-order valence-electron chi connectivity index (χ1n) is 3.73. The Morgan fingerprint density at radius 3 is 2.45 bits per heavy atom. The average Bonchev–Trinajstić information content (AvgIpc) is 2.33. The van der Waals surface area contributed by atoms with E-state index in [2.05, 4.69) is 24.3 Å². The second-order valence-electron chi connectivity index (χ2n) is 3.13. The Hall–Kier alpha value is 0.170. The summed E-state index contributed by atoms with van der Waals surface area (Å²) in [6.45, 7) is 2.27. The predicted octanol–water partition coefficient (Wildman–Crippen LogP) is -0.450. The number of halogens is 1. The zero-order valence-corrected chi connectivity index (χ0v) is 7.90. The minimum atomic E-state index is 0. The maximum atomic E-state index is 8.92. The molecule has 4 heteroatoms. The molecule has 0 bridgehead atoms. The standard InChI is InChI=1S/C7H16N2O.ClH/c1-9(2)7-4-8-3-6(7)5-10;/h6-8,10H,3-5H2,1-2H3;1H/t6-,7+;/m0./s1. The summed E-state index contributed by atoms with van der Waals surface area (Å²) in [5.41, 5.74) is 0. The van der Waals surface area contributed by atoms with Gasteiger partial charge < -0.3 is 15.3 Å². The normalized spacial score (nSPS) is 30.5. The molecule has 1 heterocycles. The van der Waals surface area contributed by atoms with Gasteiger partial charge in [0, 0.05) is 31.7 Å². The van der Waals surface area contributed by atoms with Gasteiger partial charge in [0.15, 0.2) is 0 Å². The van der Waals surface area contributed by atoms with Gasteiger partial charge >= 0.3 is 0 Å². The van der Waals surface area contributed by atoms with Gasteiger partial charge in [0.25, 0.3) is 0 Å². The molecule has 68 valence electrons. The first kappa shape index (κ1) is 11.2. The lowest BCUT2D eigenvalue weighted by atomic mass is 10.0. The molecule has 1 saturated heterocycles.